The Bertz CT molecular complexity index is 1240. The minimum atomic E-state index is -0.618. The number of aliphatic hydroxyl groups excluding tert-OH is 1. The van der Waals surface area contributed by atoms with Crippen LogP contribution in [-0.2, 0) is 22.6 Å². The summed E-state index contributed by atoms with van der Waals surface area (Å²) in [6, 6.07) is 10.3. The first-order valence-electron chi connectivity index (χ1n) is 14.2. The monoisotopic (exact) mass is 532 g/mol. The van der Waals surface area contributed by atoms with Crippen molar-refractivity contribution in [1.29, 1.82) is 0 Å². The number of Topliss-reactive ketones (excluding diaryl/α,β-unsaturated/α-hetero) is 1. The molecule has 4 heterocycles. The van der Waals surface area contributed by atoms with Gasteiger partial charge in [0.15, 0.2) is 0 Å². The minimum absolute atomic E-state index is 0.0300. The third-order valence-corrected chi connectivity index (χ3v) is 8.64. The number of hydrogen-bond donors (Lipinski definition) is 2. The Kier molecular flexibility index (Phi) is 7.31. The molecule has 206 valence electrons. The van der Waals surface area contributed by atoms with Crippen LogP contribution in [0.4, 0.5) is 5.82 Å². The van der Waals surface area contributed by atoms with Crippen LogP contribution in [0.1, 0.15) is 53.7 Å². The number of fused-ring (bicyclic) bond motifs is 1. The highest BCUT2D eigenvalue weighted by atomic mass is 16.3. The van der Waals surface area contributed by atoms with Crippen LogP contribution in [0.2, 0.25) is 0 Å². The summed E-state index contributed by atoms with van der Waals surface area (Å²) in [4.78, 5) is 52.0. The zero-order valence-corrected chi connectivity index (χ0v) is 22.2. The minimum Gasteiger partial charge on any atom is -0.390 e. The molecule has 2 N–H and O–H groups in total. The summed E-state index contributed by atoms with van der Waals surface area (Å²) in [5.74, 6) is -0.284. The van der Waals surface area contributed by atoms with Crippen molar-refractivity contribution in [1.82, 2.24) is 24.7 Å². The van der Waals surface area contributed by atoms with Gasteiger partial charge >= 0.3 is 0 Å². The van der Waals surface area contributed by atoms with Gasteiger partial charge in [-0.25, -0.2) is 9.97 Å². The van der Waals surface area contributed by atoms with Crippen LogP contribution < -0.4 is 5.32 Å². The molecule has 1 aliphatic carbocycles. The number of aliphatic hydroxyl groups is 1. The summed E-state index contributed by atoms with van der Waals surface area (Å²) >= 11 is 0. The standard InChI is InChI=1S/C29H36N6O4/c36-25-17-35(14-10-24(25)34-11-7-19-3-1-2-4-21(19)16-34)28(38)23-15-26(31-18-30-23)32-22-8-12-33(13-9-22)29(39)27(37)20-5-6-20/h1-4,15,18,20,22,24-25,36H,5-14,16-17H2,(H,30,31,32). The van der Waals surface area contributed by atoms with Gasteiger partial charge in [-0.3, -0.25) is 19.3 Å². The summed E-state index contributed by atoms with van der Waals surface area (Å²) in [6.45, 7) is 3.65. The van der Waals surface area contributed by atoms with Gasteiger partial charge in [0.25, 0.3) is 11.8 Å². The molecule has 10 heteroatoms. The molecule has 2 aromatic rings. The smallest absolute Gasteiger partial charge is 0.290 e. The molecule has 2 amide bonds. The fourth-order valence-electron chi connectivity index (χ4n) is 6.16. The van der Waals surface area contributed by atoms with Crippen molar-refractivity contribution in [2.45, 2.75) is 63.3 Å². The molecule has 3 aliphatic heterocycles. The fourth-order valence-corrected chi connectivity index (χ4v) is 6.16. The van der Waals surface area contributed by atoms with Gasteiger partial charge in [-0.1, -0.05) is 24.3 Å². The number of aromatic nitrogens is 2. The number of rotatable bonds is 6. The molecule has 4 aliphatic rings. The van der Waals surface area contributed by atoms with E-state index in [9.17, 15) is 19.5 Å². The first-order chi connectivity index (χ1) is 19.0. The zero-order chi connectivity index (χ0) is 26.9. The Balaban J connectivity index is 1.01. The van der Waals surface area contributed by atoms with Gasteiger partial charge in [-0.2, -0.15) is 0 Å². The summed E-state index contributed by atoms with van der Waals surface area (Å²) in [5.41, 5.74) is 3.00. The van der Waals surface area contributed by atoms with Gasteiger partial charge in [0.2, 0.25) is 5.78 Å². The molecule has 10 nitrogen and oxygen atoms in total. The molecule has 2 unspecified atom stereocenters. The van der Waals surface area contributed by atoms with Crippen LogP contribution in [0.25, 0.3) is 0 Å². The number of benzene rings is 1. The van der Waals surface area contributed by atoms with Crippen molar-refractivity contribution >= 4 is 23.4 Å². The van der Waals surface area contributed by atoms with E-state index in [2.05, 4.69) is 44.5 Å². The molecule has 1 aromatic carbocycles. The van der Waals surface area contributed by atoms with Crippen molar-refractivity contribution in [3.63, 3.8) is 0 Å². The number of β-amino-alcohol motifs (C(OH)–C–C–N with tert-alkyl or cyclic N) is 1. The number of amides is 2. The molecular weight excluding hydrogens is 496 g/mol. The largest absolute Gasteiger partial charge is 0.390 e. The van der Waals surface area contributed by atoms with Gasteiger partial charge in [0, 0.05) is 63.3 Å². The number of anilines is 1. The normalized spacial score (nSPS) is 24.2. The van der Waals surface area contributed by atoms with E-state index in [-0.39, 0.29) is 42.1 Å². The highest BCUT2D eigenvalue weighted by Gasteiger charge is 2.38. The maximum Gasteiger partial charge on any atom is 0.290 e. The molecule has 39 heavy (non-hydrogen) atoms. The predicted octanol–water partition coefficient (Wildman–Crippen LogP) is 1.49. The molecule has 0 spiro atoms. The molecule has 0 bridgehead atoms. The van der Waals surface area contributed by atoms with Crippen LogP contribution in [0.5, 0.6) is 0 Å². The number of carbonyl (C=O) groups excluding carboxylic acids is 3. The quantitative estimate of drug-likeness (QED) is 0.538. The fraction of sp³-hybridized carbons (Fsp3) is 0.552. The molecular formula is C29H36N6O4. The summed E-state index contributed by atoms with van der Waals surface area (Å²) in [5, 5.41) is 14.4. The van der Waals surface area contributed by atoms with Crippen LogP contribution >= 0.6 is 0 Å². The first kappa shape index (κ1) is 25.9. The molecule has 3 fully saturated rings. The average molecular weight is 533 g/mol. The number of ketones is 1. The lowest BCUT2D eigenvalue weighted by Gasteiger charge is -2.43. The maximum absolute atomic E-state index is 13.3. The van der Waals surface area contributed by atoms with E-state index >= 15 is 0 Å². The second-order valence-electron chi connectivity index (χ2n) is 11.3. The van der Waals surface area contributed by atoms with Crippen molar-refractivity contribution < 1.29 is 19.5 Å². The molecule has 1 saturated carbocycles. The highest BCUT2D eigenvalue weighted by Crippen LogP contribution is 2.31. The van der Waals surface area contributed by atoms with Gasteiger partial charge in [-0.05, 0) is 49.7 Å². The van der Waals surface area contributed by atoms with Crippen LogP contribution in [0.3, 0.4) is 0 Å². The third-order valence-electron chi connectivity index (χ3n) is 8.64. The second kappa shape index (κ2) is 11.0. The summed E-state index contributed by atoms with van der Waals surface area (Å²) in [7, 11) is 0. The van der Waals surface area contributed by atoms with E-state index in [0.717, 1.165) is 32.4 Å². The molecule has 2 saturated heterocycles. The third kappa shape index (κ3) is 5.67. The van der Waals surface area contributed by atoms with Crippen molar-refractivity contribution in [2.24, 2.45) is 5.92 Å². The maximum atomic E-state index is 13.3. The van der Waals surface area contributed by atoms with Crippen molar-refractivity contribution in [3.05, 3.63) is 53.5 Å². The second-order valence-corrected chi connectivity index (χ2v) is 11.3. The molecule has 1 aromatic heterocycles. The van der Waals surface area contributed by atoms with E-state index < -0.39 is 6.10 Å². The van der Waals surface area contributed by atoms with Gasteiger partial charge in [0.05, 0.1) is 6.10 Å². The lowest BCUT2D eigenvalue weighted by molar-refractivity contribution is -0.146. The molecule has 6 rings (SSSR count). The van der Waals surface area contributed by atoms with Gasteiger partial charge < -0.3 is 20.2 Å². The van der Waals surface area contributed by atoms with E-state index in [1.165, 1.54) is 17.5 Å². The molecule has 0 radical (unpaired) electrons. The Labute approximate surface area is 228 Å². The number of carbonyl (C=O) groups is 3. The number of nitrogens with one attached hydrogen (secondary N) is 1. The predicted molar refractivity (Wildman–Crippen MR) is 144 cm³/mol. The Hall–Kier alpha value is -3.37. The first-order valence-corrected chi connectivity index (χ1v) is 14.2. The van der Waals surface area contributed by atoms with Crippen LogP contribution in [-0.4, -0.2) is 98.3 Å². The Morgan fingerprint density at radius 2 is 1.64 bits per heavy atom. The van der Waals surface area contributed by atoms with Gasteiger partial charge in [0.1, 0.15) is 17.8 Å². The lowest BCUT2D eigenvalue weighted by atomic mass is 9.94. The van der Waals surface area contributed by atoms with Crippen LogP contribution in [0, 0.1) is 5.92 Å². The van der Waals surface area contributed by atoms with Gasteiger partial charge in [-0.15, -0.1) is 0 Å². The SMILES string of the molecule is O=C(C(=O)N1CCC(Nc2cc(C(=O)N3CCC(N4CCc5ccccc5C4)C(O)C3)ncn2)CC1)C1CC1. The number of nitrogens with zero attached hydrogens (tertiary/aromatic N) is 5. The average Bonchev–Trinajstić information content (AvgIpc) is 3.82. The highest BCUT2D eigenvalue weighted by molar-refractivity contribution is 6.37. The Morgan fingerprint density at radius 3 is 2.38 bits per heavy atom. The zero-order valence-electron chi connectivity index (χ0n) is 22.2. The Morgan fingerprint density at radius 1 is 0.897 bits per heavy atom. The number of hydrogen-bond acceptors (Lipinski definition) is 8. The van der Waals surface area contributed by atoms with Crippen molar-refractivity contribution in [2.75, 3.05) is 38.0 Å². The lowest BCUT2D eigenvalue weighted by Crippen LogP contribution is -2.56. The summed E-state index contributed by atoms with van der Waals surface area (Å²) < 4.78 is 0. The van der Waals surface area contributed by atoms with E-state index in [4.69, 9.17) is 0 Å². The van der Waals surface area contributed by atoms with E-state index in [1.807, 2.05) is 0 Å². The summed E-state index contributed by atoms with van der Waals surface area (Å²) in [6.07, 6.45) is 5.54. The van der Waals surface area contributed by atoms with E-state index in [0.29, 0.717) is 50.4 Å². The van der Waals surface area contributed by atoms with E-state index in [1.54, 1.807) is 15.9 Å². The van der Waals surface area contributed by atoms with Crippen molar-refractivity contribution in [3.8, 4) is 0 Å². The number of likely N-dealkylation sites (tertiary alicyclic amines) is 2. The van der Waals surface area contributed by atoms with Crippen LogP contribution in [0.15, 0.2) is 36.7 Å². The topological polar surface area (TPSA) is 119 Å². The number of piperidine rings is 2. The molecule has 2 atom stereocenters.